The van der Waals surface area contributed by atoms with Crippen LogP contribution >= 0.6 is 0 Å². The zero-order chi connectivity index (χ0) is 7.72. The average Bonchev–Trinajstić information content (AvgIpc) is 1.84. The molecule has 1 aromatic rings. The molecular formula is C6H9N3O. The van der Waals surface area contributed by atoms with Crippen LogP contribution in [0.1, 0.15) is 11.4 Å². The Morgan fingerprint density at radius 3 is 2.50 bits per heavy atom. The summed E-state index contributed by atoms with van der Waals surface area (Å²) in [7, 11) is 0. The predicted octanol–water partition coefficient (Wildman–Crippen LogP) is -0.0311. The van der Waals surface area contributed by atoms with Gasteiger partial charge in [-0.1, -0.05) is 0 Å². The number of hydrogen-bond acceptors (Lipinski definition) is 3. The van der Waals surface area contributed by atoms with Crippen LogP contribution in [0.25, 0.3) is 0 Å². The summed E-state index contributed by atoms with van der Waals surface area (Å²) in [6.07, 6.45) is 0. The van der Waals surface area contributed by atoms with Crippen LogP contribution in [0.15, 0.2) is 4.79 Å². The van der Waals surface area contributed by atoms with Gasteiger partial charge < -0.3 is 10.7 Å². The molecule has 4 nitrogen and oxygen atoms in total. The molecule has 10 heavy (non-hydrogen) atoms. The summed E-state index contributed by atoms with van der Waals surface area (Å²) in [5.41, 5.74) is 6.27. The zero-order valence-corrected chi connectivity index (χ0v) is 5.93. The number of nitrogens with zero attached hydrogens (tertiary/aromatic N) is 1. The van der Waals surface area contributed by atoms with Gasteiger partial charge in [-0.15, -0.1) is 0 Å². The lowest BCUT2D eigenvalue weighted by Gasteiger charge is -1.97. The van der Waals surface area contributed by atoms with Crippen molar-refractivity contribution >= 4 is 5.82 Å². The second-order valence-electron chi connectivity index (χ2n) is 2.15. The van der Waals surface area contributed by atoms with Crippen molar-refractivity contribution in [1.82, 2.24) is 9.97 Å². The molecule has 0 atom stereocenters. The first-order valence-electron chi connectivity index (χ1n) is 2.94. The molecule has 0 unspecified atom stereocenters. The van der Waals surface area contributed by atoms with Crippen molar-refractivity contribution in [3.8, 4) is 0 Å². The van der Waals surface area contributed by atoms with E-state index in [1.807, 2.05) is 0 Å². The molecule has 1 aromatic heterocycles. The lowest BCUT2D eigenvalue weighted by atomic mass is 10.4. The van der Waals surface area contributed by atoms with E-state index in [4.69, 9.17) is 5.73 Å². The third-order valence-corrected chi connectivity index (χ3v) is 1.30. The molecule has 1 heterocycles. The van der Waals surface area contributed by atoms with E-state index in [-0.39, 0.29) is 5.56 Å². The molecule has 1 rings (SSSR count). The Labute approximate surface area is 58.1 Å². The molecule has 0 bridgehead atoms. The summed E-state index contributed by atoms with van der Waals surface area (Å²) in [4.78, 5) is 17.2. The van der Waals surface area contributed by atoms with Gasteiger partial charge in [-0.3, -0.25) is 4.79 Å². The second-order valence-corrected chi connectivity index (χ2v) is 2.15. The quantitative estimate of drug-likeness (QED) is 0.530. The summed E-state index contributed by atoms with van der Waals surface area (Å²) in [6, 6.07) is 0. The number of anilines is 1. The van der Waals surface area contributed by atoms with E-state index in [2.05, 4.69) is 9.97 Å². The number of aromatic nitrogens is 2. The van der Waals surface area contributed by atoms with Crippen molar-refractivity contribution in [2.75, 3.05) is 5.73 Å². The van der Waals surface area contributed by atoms with E-state index in [9.17, 15) is 4.79 Å². The molecule has 0 saturated heterocycles. The Kier molecular flexibility index (Phi) is 1.45. The molecule has 54 valence electrons. The van der Waals surface area contributed by atoms with Gasteiger partial charge in [-0.05, 0) is 13.8 Å². The van der Waals surface area contributed by atoms with Gasteiger partial charge in [0.25, 0.3) is 5.56 Å². The van der Waals surface area contributed by atoms with Crippen LogP contribution in [-0.2, 0) is 0 Å². The Morgan fingerprint density at radius 2 is 2.00 bits per heavy atom. The highest BCUT2D eigenvalue weighted by atomic mass is 16.1. The van der Waals surface area contributed by atoms with Crippen molar-refractivity contribution < 1.29 is 0 Å². The highest BCUT2D eigenvalue weighted by Crippen LogP contribution is 1.97. The van der Waals surface area contributed by atoms with E-state index < -0.39 is 0 Å². The molecular weight excluding hydrogens is 130 g/mol. The lowest BCUT2D eigenvalue weighted by Crippen LogP contribution is -2.15. The molecule has 0 aliphatic heterocycles. The van der Waals surface area contributed by atoms with Crippen LogP contribution in [0.4, 0.5) is 5.82 Å². The Bertz CT molecular complexity index is 302. The molecule has 4 heteroatoms. The number of nitrogen functional groups attached to an aromatic ring is 1. The maximum absolute atomic E-state index is 10.8. The predicted molar refractivity (Wildman–Crippen MR) is 38.7 cm³/mol. The van der Waals surface area contributed by atoms with Crippen LogP contribution in [-0.4, -0.2) is 9.97 Å². The van der Waals surface area contributed by atoms with Gasteiger partial charge >= 0.3 is 0 Å². The fourth-order valence-corrected chi connectivity index (χ4v) is 0.666. The third kappa shape index (κ3) is 1.00. The highest BCUT2D eigenvalue weighted by Gasteiger charge is 1.97. The minimum Gasteiger partial charge on any atom is -0.384 e. The summed E-state index contributed by atoms with van der Waals surface area (Å²) < 4.78 is 0. The first kappa shape index (κ1) is 6.80. The number of aryl methyl sites for hydroxylation is 2. The molecule has 0 fully saturated rings. The van der Waals surface area contributed by atoms with Gasteiger partial charge in [0.2, 0.25) is 0 Å². The molecule has 0 aliphatic carbocycles. The van der Waals surface area contributed by atoms with Crippen LogP contribution in [0.2, 0.25) is 0 Å². The Balaban J connectivity index is 3.43. The van der Waals surface area contributed by atoms with E-state index >= 15 is 0 Å². The number of rotatable bonds is 0. The second kappa shape index (κ2) is 2.13. The van der Waals surface area contributed by atoms with E-state index in [1.165, 1.54) is 0 Å². The maximum atomic E-state index is 10.8. The standard InChI is InChI=1S/C6H9N3O/c1-3-5(7)9-6(10)4(2)8-3/h1-2H3,(H3,7,9,10). The molecule has 0 saturated carbocycles. The number of aromatic amines is 1. The highest BCUT2D eigenvalue weighted by molar-refractivity contribution is 5.32. The van der Waals surface area contributed by atoms with Gasteiger partial charge in [0, 0.05) is 0 Å². The normalized spacial score (nSPS) is 9.80. The fraction of sp³-hybridized carbons (Fsp3) is 0.333. The van der Waals surface area contributed by atoms with E-state index in [1.54, 1.807) is 13.8 Å². The van der Waals surface area contributed by atoms with Crippen molar-refractivity contribution in [2.24, 2.45) is 0 Å². The van der Waals surface area contributed by atoms with Gasteiger partial charge in [-0.25, -0.2) is 4.98 Å². The molecule has 3 N–H and O–H groups in total. The fourth-order valence-electron chi connectivity index (χ4n) is 0.666. The monoisotopic (exact) mass is 139 g/mol. The van der Waals surface area contributed by atoms with Crippen LogP contribution in [0.5, 0.6) is 0 Å². The topological polar surface area (TPSA) is 71.8 Å². The Morgan fingerprint density at radius 1 is 1.40 bits per heavy atom. The maximum Gasteiger partial charge on any atom is 0.270 e. The minimum absolute atomic E-state index is 0.219. The SMILES string of the molecule is Cc1nc(C)c(=O)[nH]c1N. The number of nitrogens with two attached hydrogens (primary N) is 1. The van der Waals surface area contributed by atoms with Crippen molar-refractivity contribution in [3.63, 3.8) is 0 Å². The van der Waals surface area contributed by atoms with Gasteiger partial charge in [0.15, 0.2) is 0 Å². The largest absolute Gasteiger partial charge is 0.384 e. The molecule has 0 spiro atoms. The average molecular weight is 139 g/mol. The van der Waals surface area contributed by atoms with Crippen molar-refractivity contribution in [3.05, 3.63) is 21.7 Å². The molecule has 0 aromatic carbocycles. The van der Waals surface area contributed by atoms with Gasteiger partial charge in [0.05, 0.1) is 5.69 Å². The minimum atomic E-state index is -0.219. The van der Waals surface area contributed by atoms with Gasteiger partial charge in [-0.2, -0.15) is 0 Å². The first-order chi connectivity index (χ1) is 4.61. The number of nitrogens with one attached hydrogen (secondary N) is 1. The zero-order valence-electron chi connectivity index (χ0n) is 5.93. The van der Waals surface area contributed by atoms with E-state index in [0.717, 1.165) is 0 Å². The molecule has 0 radical (unpaired) electrons. The lowest BCUT2D eigenvalue weighted by molar-refractivity contribution is 1.02. The summed E-state index contributed by atoms with van der Waals surface area (Å²) >= 11 is 0. The van der Waals surface area contributed by atoms with Crippen molar-refractivity contribution in [2.45, 2.75) is 13.8 Å². The third-order valence-electron chi connectivity index (χ3n) is 1.30. The first-order valence-corrected chi connectivity index (χ1v) is 2.94. The van der Waals surface area contributed by atoms with E-state index in [0.29, 0.717) is 17.2 Å². The van der Waals surface area contributed by atoms with Crippen molar-refractivity contribution in [1.29, 1.82) is 0 Å². The smallest absolute Gasteiger partial charge is 0.270 e. The van der Waals surface area contributed by atoms with Crippen LogP contribution < -0.4 is 11.3 Å². The van der Waals surface area contributed by atoms with Gasteiger partial charge in [0.1, 0.15) is 11.5 Å². The summed E-state index contributed by atoms with van der Waals surface area (Å²) in [5.74, 6) is 0.343. The van der Waals surface area contributed by atoms with Crippen LogP contribution in [0, 0.1) is 13.8 Å². The molecule has 0 aliphatic rings. The van der Waals surface area contributed by atoms with Crippen LogP contribution in [0.3, 0.4) is 0 Å². The summed E-state index contributed by atoms with van der Waals surface area (Å²) in [6.45, 7) is 3.39. The summed E-state index contributed by atoms with van der Waals surface area (Å²) in [5, 5.41) is 0. The Hall–Kier alpha value is -1.32. The number of hydrogen-bond donors (Lipinski definition) is 2. The number of H-pyrrole nitrogens is 1. The molecule has 0 amide bonds.